The monoisotopic (exact) mass is 656 g/mol. The summed E-state index contributed by atoms with van der Waals surface area (Å²) < 4.78 is 28.0. The first-order valence-electron chi connectivity index (χ1n) is 17.5. The zero-order valence-corrected chi connectivity index (χ0v) is 27.6. The SMILES string of the molecule is c1cnc2c(c1)COCCOC13c4ccccc4C(c4ccccc41)C1c4ccccc4C3(OCCOCc3cccnc3-2)c2ccccc21. The summed E-state index contributed by atoms with van der Waals surface area (Å²) in [4.78, 5) is 9.46. The number of hydrogen-bond acceptors (Lipinski definition) is 6. The number of benzene rings is 4. The molecular weight excluding hydrogens is 620 g/mol. The van der Waals surface area contributed by atoms with Gasteiger partial charge in [0.1, 0.15) is 0 Å². The van der Waals surface area contributed by atoms with Gasteiger partial charge in [-0.25, -0.2) is 0 Å². The van der Waals surface area contributed by atoms with Crippen molar-refractivity contribution in [2.75, 3.05) is 26.4 Å². The molecule has 4 aromatic carbocycles. The van der Waals surface area contributed by atoms with E-state index in [-0.39, 0.29) is 11.8 Å². The third kappa shape index (κ3) is 4.11. The summed E-state index contributed by atoms with van der Waals surface area (Å²) in [6.45, 7) is 2.19. The summed E-state index contributed by atoms with van der Waals surface area (Å²) in [6.07, 6.45) is 3.60. The normalized spacial score (nSPS) is 25.0. The molecule has 4 bridgehead atoms. The number of aromatic nitrogens is 2. The lowest BCUT2D eigenvalue weighted by Crippen LogP contribution is -2.61. The highest BCUT2D eigenvalue weighted by molar-refractivity contribution is 5.71. The van der Waals surface area contributed by atoms with Gasteiger partial charge >= 0.3 is 0 Å². The first-order valence-corrected chi connectivity index (χ1v) is 17.5. The van der Waals surface area contributed by atoms with Crippen LogP contribution in [0.25, 0.3) is 11.4 Å². The number of ether oxygens (including phenoxy) is 4. The lowest BCUT2D eigenvalue weighted by Gasteiger charge is -2.61. The van der Waals surface area contributed by atoms with Crippen molar-refractivity contribution in [1.82, 2.24) is 9.97 Å². The maximum absolute atomic E-state index is 7.57. The molecule has 3 heterocycles. The van der Waals surface area contributed by atoms with E-state index in [4.69, 9.17) is 28.9 Å². The van der Waals surface area contributed by atoms with Gasteiger partial charge in [-0.05, 0) is 56.6 Å². The van der Waals surface area contributed by atoms with Crippen molar-refractivity contribution in [1.29, 1.82) is 0 Å². The van der Waals surface area contributed by atoms with Crippen LogP contribution in [0.3, 0.4) is 0 Å². The highest BCUT2D eigenvalue weighted by atomic mass is 16.6. The van der Waals surface area contributed by atoms with E-state index in [1.165, 1.54) is 22.3 Å². The first kappa shape index (κ1) is 29.9. The van der Waals surface area contributed by atoms with Gasteiger partial charge in [-0.2, -0.15) is 0 Å². The van der Waals surface area contributed by atoms with Gasteiger partial charge in [0.15, 0.2) is 11.2 Å². The first-order chi connectivity index (χ1) is 24.8. The Kier molecular flexibility index (Phi) is 7.07. The number of hydrogen-bond donors (Lipinski definition) is 0. The van der Waals surface area contributed by atoms with Crippen LogP contribution >= 0.6 is 0 Å². The van der Waals surface area contributed by atoms with E-state index in [1.54, 1.807) is 12.4 Å². The maximum Gasteiger partial charge on any atom is 0.156 e. The molecule has 7 aliphatic rings. The van der Waals surface area contributed by atoms with E-state index in [9.17, 15) is 0 Å². The van der Waals surface area contributed by atoms with E-state index in [0.29, 0.717) is 39.6 Å². The van der Waals surface area contributed by atoms with Crippen molar-refractivity contribution in [2.45, 2.75) is 36.3 Å². The smallest absolute Gasteiger partial charge is 0.156 e. The second-order valence-corrected chi connectivity index (χ2v) is 13.5. The molecule has 6 nitrogen and oxygen atoms in total. The van der Waals surface area contributed by atoms with Gasteiger partial charge in [-0.1, -0.05) is 109 Å². The molecule has 1 aliphatic heterocycles. The summed E-state index contributed by atoms with van der Waals surface area (Å²) >= 11 is 0. The maximum atomic E-state index is 7.57. The van der Waals surface area contributed by atoms with Crippen molar-refractivity contribution < 1.29 is 18.9 Å². The summed E-state index contributed by atoms with van der Waals surface area (Å²) in [5.41, 5.74) is 11.2. The Bertz CT molecular complexity index is 1990. The molecule has 0 radical (unpaired) electrons. The summed E-state index contributed by atoms with van der Waals surface area (Å²) in [5.74, 6) is 0.213. The predicted octanol–water partition coefficient (Wildman–Crippen LogP) is 8.02. The molecule has 0 N–H and O–H groups in total. The molecule has 0 atom stereocenters. The van der Waals surface area contributed by atoms with Crippen LogP contribution in [-0.4, -0.2) is 36.4 Å². The number of fused-ring (bicyclic) bond motifs is 3. The van der Waals surface area contributed by atoms with Gasteiger partial charge < -0.3 is 18.9 Å². The molecule has 0 saturated heterocycles. The third-order valence-corrected chi connectivity index (χ3v) is 11.1. The van der Waals surface area contributed by atoms with Crippen LogP contribution in [-0.2, 0) is 43.4 Å². The molecule has 0 fully saturated rings. The molecule has 246 valence electrons. The highest BCUT2D eigenvalue weighted by Gasteiger charge is 2.67. The highest BCUT2D eigenvalue weighted by Crippen LogP contribution is 2.69. The van der Waals surface area contributed by atoms with Gasteiger partial charge in [0.05, 0.1) is 51.0 Å². The van der Waals surface area contributed by atoms with Crippen LogP contribution in [0.15, 0.2) is 134 Å². The standard InChI is InChI=1S/C44H36N2O4/c1-5-17-35-31(13-1)39-32-14-2-6-18-36(32)43(35)44(37-19-7-3-15-33(37)40(39)34-16-4-8-20-38(34)44)50-26-24-48-28-30-12-10-22-46-42(30)41-29(11-9-21-45-41)27-47-23-25-49-43/h1-22,39-40H,23-28H2. The average Bonchev–Trinajstić information content (AvgIpc) is 3.17. The Morgan fingerprint density at radius 1 is 0.420 bits per heavy atom. The van der Waals surface area contributed by atoms with Crippen LogP contribution in [0, 0.1) is 0 Å². The molecule has 2 spiro atoms. The number of pyridine rings is 2. The predicted molar refractivity (Wildman–Crippen MR) is 190 cm³/mol. The van der Waals surface area contributed by atoms with Crippen LogP contribution < -0.4 is 0 Å². The molecule has 0 saturated carbocycles. The fraction of sp³-hybridized carbons (Fsp3) is 0.227. The minimum Gasteiger partial charge on any atom is -0.374 e. The topological polar surface area (TPSA) is 62.7 Å². The molecule has 6 aliphatic carbocycles. The lowest BCUT2D eigenvalue weighted by molar-refractivity contribution is -0.197. The van der Waals surface area contributed by atoms with E-state index < -0.39 is 11.2 Å². The zero-order chi connectivity index (χ0) is 33.1. The molecule has 13 rings (SSSR count). The van der Waals surface area contributed by atoms with Gasteiger partial charge in [0, 0.05) is 35.4 Å². The molecule has 0 amide bonds. The Balaban J connectivity index is 1.21. The fourth-order valence-electron chi connectivity index (χ4n) is 9.38. The minimum atomic E-state index is -1.04. The third-order valence-electron chi connectivity index (χ3n) is 11.1. The molecule has 6 aromatic rings. The quantitative estimate of drug-likeness (QED) is 0.165. The fourth-order valence-corrected chi connectivity index (χ4v) is 9.38. The van der Waals surface area contributed by atoms with Crippen LogP contribution in [0.1, 0.15) is 67.5 Å². The van der Waals surface area contributed by atoms with Gasteiger partial charge in [0.25, 0.3) is 0 Å². The Morgan fingerprint density at radius 2 is 0.780 bits per heavy atom. The summed E-state index contributed by atoms with van der Waals surface area (Å²) in [6, 6.07) is 43.5. The molecular formula is C44H36N2O4. The van der Waals surface area contributed by atoms with Crippen molar-refractivity contribution in [3.8, 4) is 11.4 Å². The molecule has 2 aromatic heterocycles. The zero-order valence-electron chi connectivity index (χ0n) is 27.6. The van der Waals surface area contributed by atoms with Crippen LogP contribution in [0.2, 0.25) is 0 Å². The van der Waals surface area contributed by atoms with Crippen molar-refractivity contribution >= 4 is 0 Å². The lowest BCUT2D eigenvalue weighted by atomic mass is 9.49. The van der Waals surface area contributed by atoms with Gasteiger partial charge in [0.2, 0.25) is 0 Å². The summed E-state index contributed by atoms with van der Waals surface area (Å²) in [5, 5.41) is 0. The second-order valence-electron chi connectivity index (χ2n) is 13.5. The Labute approximate surface area is 291 Å². The van der Waals surface area contributed by atoms with Crippen LogP contribution in [0.5, 0.6) is 0 Å². The minimum absolute atomic E-state index is 0.106. The van der Waals surface area contributed by atoms with E-state index in [2.05, 4.69) is 109 Å². The largest absolute Gasteiger partial charge is 0.374 e. The molecule has 0 unspecified atom stereocenters. The van der Waals surface area contributed by atoms with Crippen LogP contribution in [0.4, 0.5) is 0 Å². The Morgan fingerprint density at radius 3 is 1.16 bits per heavy atom. The number of nitrogens with zero attached hydrogens (tertiary/aromatic N) is 2. The van der Waals surface area contributed by atoms with Gasteiger partial charge in [-0.3, -0.25) is 9.97 Å². The van der Waals surface area contributed by atoms with Crippen molar-refractivity contribution in [3.05, 3.63) is 189 Å². The van der Waals surface area contributed by atoms with E-state index >= 15 is 0 Å². The number of rotatable bonds is 0. The second kappa shape index (κ2) is 11.8. The Hall–Kier alpha value is -4.98. The summed E-state index contributed by atoms with van der Waals surface area (Å²) in [7, 11) is 0. The molecule has 50 heavy (non-hydrogen) atoms. The van der Waals surface area contributed by atoms with Gasteiger partial charge in [-0.15, -0.1) is 0 Å². The van der Waals surface area contributed by atoms with Crippen molar-refractivity contribution in [3.63, 3.8) is 0 Å². The molecule has 6 heteroatoms. The average molecular weight is 657 g/mol. The van der Waals surface area contributed by atoms with E-state index in [1.807, 2.05) is 12.1 Å². The van der Waals surface area contributed by atoms with E-state index in [0.717, 1.165) is 44.8 Å². The van der Waals surface area contributed by atoms with Crippen molar-refractivity contribution in [2.24, 2.45) is 0 Å².